The van der Waals surface area contributed by atoms with Gasteiger partial charge in [-0.2, -0.15) is 4.98 Å². The number of hydrogen-bond donors (Lipinski definition) is 1. The molecule has 0 saturated carbocycles. The zero-order chi connectivity index (χ0) is 27.1. The van der Waals surface area contributed by atoms with Crippen LogP contribution in [0.15, 0.2) is 45.7 Å². The molecule has 39 heavy (non-hydrogen) atoms. The number of aryl methyl sites for hydroxylation is 3. The Labute approximate surface area is 227 Å². The van der Waals surface area contributed by atoms with Gasteiger partial charge in [0, 0.05) is 56.5 Å². The highest BCUT2D eigenvalue weighted by molar-refractivity contribution is 5.99. The monoisotopic (exact) mass is 529 g/mol. The fourth-order valence-electron chi connectivity index (χ4n) is 5.81. The van der Waals surface area contributed by atoms with Crippen LogP contribution in [0.4, 0.5) is 11.4 Å². The zero-order valence-electron chi connectivity index (χ0n) is 23.0. The van der Waals surface area contributed by atoms with Crippen molar-refractivity contribution < 1.29 is 14.0 Å². The summed E-state index contributed by atoms with van der Waals surface area (Å²) in [4.78, 5) is 20.5. The topological polar surface area (TPSA) is 94.7 Å². The van der Waals surface area contributed by atoms with Crippen molar-refractivity contribution in [1.82, 2.24) is 14.7 Å². The Kier molecular flexibility index (Phi) is 6.76. The van der Waals surface area contributed by atoms with Crippen molar-refractivity contribution in [2.75, 3.05) is 43.6 Å². The van der Waals surface area contributed by atoms with Gasteiger partial charge in [0.05, 0.1) is 24.4 Å². The van der Waals surface area contributed by atoms with Gasteiger partial charge in [0.15, 0.2) is 0 Å². The Morgan fingerprint density at radius 2 is 1.87 bits per heavy atom. The number of nitrogens with zero attached hydrogens (tertiary/aromatic N) is 4. The van der Waals surface area contributed by atoms with Crippen LogP contribution in [-0.4, -0.2) is 54.2 Å². The second-order valence-corrected chi connectivity index (χ2v) is 10.6. The molecule has 9 nitrogen and oxygen atoms in total. The lowest BCUT2D eigenvalue weighted by Crippen LogP contribution is -2.35. The molecule has 2 aromatic heterocycles. The minimum atomic E-state index is -0.0547. The Bertz CT molecular complexity index is 1560. The van der Waals surface area contributed by atoms with E-state index in [1.165, 1.54) is 0 Å². The van der Waals surface area contributed by atoms with E-state index in [1.807, 2.05) is 38.4 Å². The highest BCUT2D eigenvalue weighted by Gasteiger charge is 2.29. The van der Waals surface area contributed by atoms with Crippen molar-refractivity contribution in [3.05, 3.63) is 63.8 Å². The van der Waals surface area contributed by atoms with E-state index in [2.05, 4.69) is 41.4 Å². The summed E-state index contributed by atoms with van der Waals surface area (Å²) in [5.74, 6) is 2.30. The van der Waals surface area contributed by atoms with Crippen molar-refractivity contribution >= 4 is 22.3 Å². The van der Waals surface area contributed by atoms with Gasteiger partial charge in [-0.25, -0.2) is 0 Å². The number of piperidine rings is 1. The molecule has 1 atom stereocenters. The number of pyridine rings is 1. The first-order chi connectivity index (χ1) is 18.9. The molecule has 2 aliphatic heterocycles. The summed E-state index contributed by atoms with van der Waals surface area (Å²) >= 11 is 0. The first-order valence-corrected chi connectivity index (χ1v) is 13.7. The number of hydrogen-bond acceptors (Lipinski definition) is 8. The molecule has 0 amide bonds. The number of aromatic nitrogens is 3. The van der Waals surface area contributed by atoms with E-state index in [9.17, 15) is 4.79 Å². The molecule has 204 valence electrons. The smallest absolute Gasteiger partial charge is 0.276 e. The summed E-state index contributed by atoms with van der Waals surface area (Å²) < 4.78 is 19.2. The lowest BCUT2D eigenvalue weighted by Gasteiger charge is -2.34. The van der Waals surface area contributed by atoms with Crippen LogP contribution in [0.2, 0.25) is 0 Å². The highest BCUT2D eigenvalue weighted by atomic mass is 16.5. The summed E-state index contributed by atoms with van der Waals surface area (Å²) in [7, 11) is 3.63. The molecule has 2 fully saturated rings. The lowest BCUT2D eigenvalue weighted by atomic mass is 9.95. The van der Waals surface area contributed by atoms with Crippen molar-refractivity contribution in [2.24, 2.45) is 7.05 Å². The molecule has 2 saturated heterocycles. The SMILES string of the molecule is CNc1c(N2CCC(c3nc(-c4ccccc4C)no3)CC2)c2cc(C)c(OC3CCOC3)cc2n(C)c1=O. The van der Waals surface area contributed by atoms with E-state index >= 15 is 0 Å². The lowest BCUT2D eigenvalue weighted by molar-refractivity contribution is 0.141. The standard InChI is InChI=1S/C30H35N5O4/c1-18-7-5-6-8-22(18)28-32-29(39-33-28)20-9-12-35(13-10-20)27-23-15-19(2)25(38-21-11-14-37-17-21)16-24(23)34(4)30(36)26(27)31-3/h5-8,15-16,20-21,31H,9-14,17H2,1-4H3. The van der Waals surface area contributed by atoms with Crippen LogP contribution in [0.25, 0.3) is 22.3 Å². The van der Waals surface area contributed by atoms with Crippen molar-refractivity contribution in [3.8, 4) is 17.1 Å². The van der Waals surface area contributed by atoms with Crippen LogP contribution < -0.4 is 20.5 Å². The predicted octanol–water partition coefficient (Wildman–Crippen LogP) is 4.80. The fraction of sp³-hybridized carbons (Fsp3) is 0.433. The third kappa shape index (κ3) is 4.65. The van der Waals surface area contributed by atoms with Gasteiger partial charge in [-0.3, -0.25) is 4.79 Å². The largest absolute Gasteiger partial charge is 0.488 e. The average molecular weight is 530 g/mol. The second-order valence-electron chi connectivity index (χ2n) is 10.6. The van der Waals surface area contributed by atoms with Crippen LogP contribution >= 0.6 is 0 Å². The van der Waals surface area contributed by atoms with Crippen LogP contribution in [0.5, 0.6) is 5.75 Å². The maximum Gasteiger partial charge on any atom is 0.276 e. The Morgan fingerprint density at radius 3 is 2.59 bits per heavy atom. The molecule has 1 unspecified atom stereocenters. The third-order valence-corrected chi connectivity index (χ3v) is 8.08. The second kappa shape index (κ2) is 10.4. The molecule has 0 bridgehead atoms. The third-order valence-electron chi connectivity index (χ3n) is 8.08. The highest BCUT2D eigenvalue weighted by Crippen LogP contribution is 2.39. The van der Waals surface area contributed by atoms with Crippen molar-refractivity contribution in [1.29, 1.82) is 0 Å². The zero-order valence-corrected chi connectivity index (χ0v) is 23.0. The van der Waals surface area contributed by atoms with E-state index in [4.69, 9.17) is 19.0 Å². The van der Waals surface area contributed by atoms with Gasteiger partial charge in [-0.15, -0.1) is 0 Å². The van der Waals surface area contributed by atoms with Gasteiger partial charge in [0.25, 0.3) is 5.56 Å². The Hall–Kier alpha value is -3.85. The Morgan fingerprint density at radius 1 is 1.08 bits per heavy atom. The number of nitrogens with one attached hydrogen (secondary N) is 1. The predicted molar refractivity (Wildman–Crippen MR) is 152 cm³/mol. The number of anilines is 2. The van der Waals surface area contributed by atoms with E-state index in [1.54, 1.807) is 4.57 Å². The van der Waals surface area contributed by atoms with Gasteiger partial charge in [-0.05, 0) is 43.9 Å². The van der Waals surface area contributed by atoms with Crippen LogP contribution in [0.3, 0.4) is 0 Å². The van der Waals surface area contributed by atoms with Gasteiger partial charge in [0.1, 0.15) is 17.5 Å². The average Bonchev–Trinajstić information content (AvgIpc) is 3.65. The minimum absolute atomic E-state index is 0.0456. The van der Waals surface area contributed by atoms with Crippen molar-refractivity contribution in [3.63, 3.8) is 0 Å². The summed E-state index contributed by atoms with van der Waals surface area (Å²) in [6, 6.07) is 12.2. The van der Waals surface area contributed by atoms with E-state index in [0.29, 0.717) is 24.0 Å². The first-order valence-electron chi connectivity index (χ1n) is 13.7. The molecule has 0 radical (unpaired) electrons. The van der Waals surface area contributed by atoms with Gasteiger partial charge >= 0.3 is 0 Å². The van der Waals surface area contributed by atoms with Gasteiger partial charge in [-0.1, -0.05) is 29.4 Å². The minimum Gasteiger partial charge on any atom is -0.488 e. The maximum atomic E-state index is 13.4. The number of ether oxygens (including phenoxy) is 2. The molecule has 6 rings (SSSR count). The molecular weight excluding hydrogens is 494 g/mol. The number of benzene rings is 2. The van der Waals surface area contributed by atoms with E-state index in [-0.39, 0.29) is 17.6 Å². The van der Waals surface area contributed by atoms with Gasteiger partial charge < -0.3 is 28.8 Å². The van der Waals surface area contributed by atoms with E-state index < -0.39 is 0 Å². The quantitative estimate of drug-likeness (QED) is 0.381. The van der Waals surface area contributed by atoms with E-state index in [0.717, 1.165) is 78.0 Å². The van der Waals surface area contributed by atoms with Crippen LogP contribution in [0, 0.1) is 13.8 Å². The maximum absolute atomic E-state index is 13.4. The molecular formula is C30H35N5O4. The fourth-order valence-corrected chi connectivity index (χ4v) is 5.81. The molecule has 4 heterocycles. The number of fused-ring (bicyclic) bond motifs is 1. The normalized spacial score (nSPS) is 18.2. The summed E-state index contributed by atoms with van der Waals surface area (Å²) in [6.45, 7) is 6.99. The van der Waals surface area contributed by atoms with Gasteiger partial charge in [0.2, 0.25) is 11.7 Å². The number of rotatable bonds is 6. The molecule has 9 heteroatoms. The molecule has 4 aromatic rings. The summed E-state index contributed by atoms with van der Waals surface area (Å²) in [5, 5.41) is 8.50. The molecule has 2 aliphatic rings. The summed E-state index contributed by atoms with van der Waals surface area (Å²) in [5.41, 5.74) is 5.52. The summed E-state index contributed by atoms with van der Waals surface area (Å²) in [6.07, 6.45) is 2.64. The molecule has 0 aliphatic carbocycles. The molecule has 1 N–H and O–H groups in total. The van der Waals surface area contributed by atoms with Crippen LogP contribution in [0.1, 0.15) is 42.2 Å². The van der Waals surface area contributed by atoms with Crippen LogP contribution in [-0.2, 0) is 11.8 Å². The molecule has 0 spiro atoms. The van der Waals surface area contributed by atoms with Crippen molar-refractivity contribution in [2.45, 2.75) is 45.1 Å². The molecule has 2 aromatic carbocycles. The Balaban J connectivity index is 1.29. The first kappa shape index (κ1) is 25.4.